The van der Waals surface area contributed by atoms with E-state index in [2.05, 4.69) is 5.32 Å². The summed E-state index contributed by atoms with van der Waals surface area (Å²) >= 11 is 0. The molecule has 72 valence electrons. The molecule has 13 heavy (non-hydrogen) atoms. The molecule has 0 heterocycles. The lowest BCUT2D eigenvalue weighted by Gasteiger charge is -2.05. The standard InChI is InChI=1S/C9H13NO3/c1-3-4-5-6-8(11)10-7(2)9(12)13/h3-7H,1-2H3,(H,10,11)(H,12,13)/t7-/m1/s1. The smallest absolute Gasteiger partial charge is 0.325 e. The molecule has 4 nitrogen and oxygen atoms in total. The highest BCUT2D eigenvalue weighted by Crippen LogP contribution is 1.83. The lowest BCUT2D eigenvalue weighted by Crippen LogP contribution is -2.37. The van der Waals surface area contributed by atoms with Crippen molar-refractivity contribution in [1.82, 2.24) is 5.32 Å². The van der Waals surface area contributed by atoms with Gasteiger partial charge in [0.15, 0.2) is 0 Å². The fraction of sp³-hybridized carbons (Fsp3) is 0.333. The van der Waals surface area contributed by atoms with E-state index in [9.17, 15) is 9.59 Å². The maximum atomic E-state index is 10.9. The highest BCUT2D eigenvalue weighted by atomic mass is 16.4. The summed E-state index contributed by atoms with van der Waals surface area (Å²) in [5.41, 5.74) is 0. The molecule has 0 radical (unpaired) electrons. The van der Waals surface area contributed by atoms with E-state index in [1.807, 2.05) is 6.92 Å². The van der Waals surface area contributed by atoms with E-state index in [1.54, 1.807) is 18.2 Å². The van der Waals surface area contributed by atoms with Crippen LogP contribution in [0.25, 0.3) is 0 Å². The van der Waals surface area contributed by atoms with Crippen molar-refractivity contribution in [1.29, 1.82) is 0 Å². The molecule has 0 aromatic heterocycles. The largest absolute Gasteiger partial charge is 0.480 e. The van der Waals surface area contributed by atoms with Crippen LogP contribution in [0.2, 0.25) is 0 Å². The van der Waals surface area contributed by atoms with Crippen LogP contribution in [0.4, 0.5) is 0 Å². The number of carboxylic acids is 1. The van der Waals surface area contributed by atoms with Gasteiger partial charge in [-0.3, -0.25) is 9.59 Å². The average molecular weight is 183 g/mol. The summed E-state index contributed by atoms with van der Waals surface area (Å²) in [7, 11) is 0. The second-order valence-electron chi connectivity index (χ2n) is 2.45. The van der Waals surface area contributed by atoms with E-state index in [0.29, 0.717) is 0 Å². The normalized spacial score (nSPS) is 13.4. The monoisotopic (exact) mass is 183 g/mol. The van der Waals surface area contributed by atoms with Gasteiger partial charge in [-0.15, -0.1) is 0 Å². The van der Waals surface area contributed by atoms with Crippen LogP contribution in [0.5, 0.6) is 0 Å². The topological polar surface area (TPSA) is 66.4 Å². The van der Waals surface area contributed by atoms with Crippen LogP contribution in [0, 0.1) is 0 Å². The Balaban J connectivity index is 3.94. The molecule has 2 N–H and O–H groups in total. The van der Waals surface area contributed by atoms with E-state index < -0.39 is 17.9 Å². The number of nitrogens with one attached hydrogen (secondary N) is 1. The third kappa shape index (κ3) is 5.66. The molecule has 0 rings (SSSR count). The first-order valence-corrected chi connectivity index (χ1v) is 3.90. The first kappa shape index (κ1) is 11.4. The highest BCUT2D eigenvalue weighted by molar-refractivity contribution is 5.91. The van der Waals surface area contributed by atoms with Crippen LogP contribution in [-0.4, -0.2) is 23.0 Å². The fourth-order valence-corrected chi connectivity index (χ4v) is 0.577. The summed E-state index contributed by atoms with van der Waals surface area (Å²) in [6.45, 7) is 3.23. The number of hydrogen-bond donors (Lipinski definition) is 2. The number of carboxylic acid groups (broad SMARTS) is 1. The lowest BCUT2D eigenvalue weighted by molar-refractivity contribution is -0.140. The van der Waals surface area contributed by atoms with Crippen molar-refractivity contribution in [2.75, 3.05) is 0 Å². The molecule has 0 fully saturated rings. The van der Waals surface area contributed by atoms with Crippen LogP contribution in [0.15, 0.2) is 24.3 Å². The van der Waals surface area contributed by atoms with Gasteiger partial charge in [-0.2, -0.15) is 0 Å². The zero-order valence-corrected chi connectivity index (χ0v) is 7.65. The number of carbonyl (C=O) groups is 2. The van der Waals surface area contributed by atoms with Gasteiger partial charge in [0.2, 0.25) is 5.91 Å². The highest BCUT2D eigenvalue weighted by Gasteiger charge is 2.11. The number of allylic oxidation sites excluding steroid dienone is 3. The second-order valence-corrected chi connectivity index (χ2v) is 2.45. The molecule has 0 unspecified atom stereocenters. The van der Waals surface area contributed by atoms with Crippen molar-refractivity contribution >= 4 is 11.9 Å². The van der Waals surface area contributed by atoms with Gasteiger partial charge >= 0.3 is 5.97 Å². The maximum Gasteiger partial charge on any atom is 0.325 e. The molecule has 0 saturated heterocycles. The molecular weight excluding hydrogens is 170 g/mol. The molecule has 1 amide bonds. The number of hydrogen-bond acceptors (Lipinski definition) is 2. The summed E-state index contributed by atoms with van der Waals surface area (Å²) in [4.78, 5) is 21.2. The van der Waals surface area contributed by atoms with Crippen molar-refractivity contribution < 1.29 is 14.7 Å². The quantitative estimate of drug-likeness (QED) is 0.498. The Bertz CT molecular complexity index is 243. The average Bonchev–Trinajstić information content (AvgIpc) is 2.04. The van der Waals surface area contributed by atoms with Crippen LogP contribution in [0.3, 0.4) is 0 Å². The summed E-state index contributed by atoms with van der Waals surface area (Å²) in [6.07, 6.45) is 6.28. The Morgan fingerprint density at radius 2 is 2.00 bits per heavy atom. The van der Waals surface area contributed by atoms with Gasteiger partial charge in [0.05, 0.1) is 0 Å². The van der Waals surface area contributed by atoms with Crippen molar-refractivity contribution in [3.05, 3.63) is 24.3 Å². The molecule has 1 atom stereocenters. The molecule has 0 aliphatic carbocycles. The minimum Gasteiger partial charge on any atom is -0.480 e. The van der Waals surface area contributed by atoms with Gasteiger partial charge < -0.3 is 10.4 Å². The zero-order valence-electron chi connectivity index (χ0n) is 7.65. The van der Waals surface area contributed by atoms with Gasteiger partial charge in [-0.25, -0.2) is 0 Å². The minimum atomic E-state index is -1.05. The van der Waals surface area contributed by atoms with E-state index in [0.717, 1.165) is 0 Å². The van der Waals surface area contributed by atoms with Crippen LogP contribution >= 0.6 is 0 Å². The lowest BCUT2D eigenvalue weighted by atomic mass is 10.3. The summed E-state index contributed by atoms with van der Waals surface area (Å²) in [5, 5.41) is 10.7. The number of carbonyl (C=O) groups excluding carboxylic acids is 1. The third-order valence-corrected chi connectivity index (χ3v) is 1.28. The Hall–Kier alpha value is -1.58. The minimum absolute atomic E-state index is 0.409. The van der Waals surface area contributed by atoms with E-state index in [1.165, 1.54) is 13.0 Å². The van der Waals surface area contributed by atoms with Crippen molar-refractivity contribution in [2.24, 2.45) is 0 Å². The van der Waals surface area contributed by atoms with Gasteiger partial charge in [-0.05, 0) is 13.8 Å². The molecular formula is C9H13NO3. The van der Waals surface area contributed by atoms with Gasteiger partial charge in [0, 0.05) is 6.08 Å². The molecule has 0 spiro atoms. The molecule has 0 aliphatic heterocycles. The van der Waals surface area contributed by atoms with Gasteiger partial charge in [0.1, 0.15) is 6.04 Å². The number of amides is 1. The van der Waals surface area contributed by atoms with Crippen LogP contribution < -0.4 is 5.32 Å². The van der Waals surface area contributed by atoms with Crippen molar-refractivity contribution in [3.63, 3.8) is 0 Å². The Morgan fingerprint density at radius 1 is 1.38 bits per heavy atom. The Morgan fingerprint density at radius 3 is 2.46 bits per heavy atom. The maximum absolute atomic E-state index is 10.9. The van der Waals surface area contributed by atoms with Gasteiger partial charge in [0.25, 0.3) is 0 Å². The molecule has 0 aliphatic rings. The SMILES string of the molecule is CC=CC=CC(=O)N[C@H](C)C(=O)O. The summed E-state index contributed by atoms with van der Waals surface area (Å²) in [6, 6.07) is -0.859. The molecule has 0 aromatic rings. The van der Waals surface area contributed by atoms with Gasteiger partial charge in [-0.1, -0.05) is 18.2 Å². The first-order valence-electron chi connectivity index (χ1n) is 3.90. The molecule has 0 saturated carbocycles. The van der Waals surface area contributed by atoms with E-state index in [4.69, 9.17) is 5.11 Å². The third-order valence-electron chi connectivity index (χ3n) is 1.28. The van der Waals surface area contributed by atoms with Crippen molar-refractivity contribution in [3.8, 4) is 0 Å². The van der Waals surface area contributed by atoms with Crippen LogP contribution in [-0.2, 0) is 9.59 Å². The molecule has 0 aromatic carbocycles. The fourth-order valence-electron chi connectivity index (χ4n) is 0.577. The Kier molecular flexibility index (Phi) is 5.27. The summed E-state index contributed by atoms with van der Waals surface area (Å²) in [5.74, 6) is -1.46. The first-order chi connectivity index (χ1) is 6.07. The van der Waals surface area contributed by atoms with Crippen LogP contribution in [0.1, 0.15) is 13.8 Å². The predicted molar refractivity (Wildman–Crippen MR) is 49.2 cm³/mol. The van der Waals surface area contributed by atoms with Crippen molar-refractivity contribution in [2.45, 2.75) is 19.9 Å². The molecule has 4 heteroatoms. The van der Waals surface area contributed by atoms with E-state index >= 15 is 0 Å². The predicted octanol–water partition coefficient (Wildman–Crippen LogP) is 0.708. The Labute approximate surface area is 76.9 Å². The second kappa shape index (κ2) is 5.99. The number of aliphatic carboxylic acids is 1. The molecule has 0 bridgehead atoms. The number of rotatable bonds is 4. The zero-order chi connectivity index (χ0) is 10.3. The van der Waals surface area contributed by atoms with E-state index in [-0.39, 0.29) is 0 Å². The summed E-state index contributed by atoms with van der Waals surface area (Å²) < 4.78 is 0.